The van der Waals surface area contributed by atoms with E-state index in [1.807, 2.05) is 19.1 Å². The maximum Gasteiger partial charge on any atom is 0.261 e. The number of amides is 1. The smallest absolute Gasteiger partial charge is 0.261 e. The average Bonchev–Trinajstić information content (AvgIpc) is 3.36. The number of anilines is 2. The van der Waals surface area contributed by atoms with E-state index in [1.54, 1.807) is 23.1 Å². The van der Waals surface area contributed by atoms with Crippen molar-refractivity contribution in [2.45, 2.75) is 26.3 Å². The zero-order valence-electron chi connectivity index (χ0n) is 18.3. The Hall–Kier alpha value is -3.49. The molecular weight excluding hydrogens is 406 g/mol. The number of fused-ring (bicyclic) bond motifs is 1. The lowest BCUT2D eigenvalue weighted by atomic mass is 10.2. The molecule has 3 aromatic rings. The minimum Gasteiger partial charge on any atom is -0.356 e. The number of hydrogen-bond donors (Lipinski definition) is 0. The van der Waals surface area contributed by atoms with E-state index in [2.05, 4.69) is 19.8 Å². The molecule has 0 saturated carbocycles. The highest BCUT2D eigenvalue weighted by Gasteiger charge is 2.24. The number of para-hydroxylation sites is 1. The van der Waals surface area contributed by atoms with Gasteiger partial charge >= 0.3 is 0 Å². The fourth-order valence-corrected chi connectivity index (χ4v) is 4.41. The first-order chi connectivity index (χ1) is 15.6. The van der Waals surface area contributed by atoms with Gasteiger partial charge in [0.1, 0.15) is 12.4 Å². The Kier molecular flexibility index (Phi) is 5.46. The lowest BCUT2D eigenvalue weighted by Crippen LogP contribution is -2.50. The first kappa shape index (κ1) is 20.4. The van der Waals surface area contributed by atoms with Crippen LogP contribution in [0.4, 0.5) is 11.8 Å². The lowest BCUT2D eigenvalue weighted by Gasteiger charge is -2.35. The summed E-state index contributed by atoms with van der Waals surface area (Å²) in [5, 5.41) is 0.526. The normalized spacial score (nSPS) is 16.7. The summed E-state index contributed by atoms with van der Waals surface area (Å²) in [5.41, 5.74) is 1.41. The molecule has 2 fully saturated rings. The van der Waals surface area contributed by atoms with Gasteiger partial charge < -0.3 is 14.7 Å². The maximum atomic E-state index is 12.9. The highest BCUT2D eigenvalue weighted by Crippen LogP contribution is 2.22. The molecule has 0 atom stereocenters. The number of aryl methyl sites for hydroxylation is 1. The number of benzene rings is 1. The van der Waals surface area contributed by atoms with Crippen LogP contribution in [0, 0.1) is 6.92 Å². The van der Waals surface area contributed by atoms with Crippen molar-refractivity contribution in [3.05, 3.63) is 52.7 Å². The molecule has 166 valence electrons. The minimum absolute atomic E-state index is 0.00325. The first-order valence-electron chi connectivity index (χ1n) is 11.2. The van der Waals surface area contributed by atoms with E-state index in [4.69, 9.17) is 4.98 Å². The van der Waals surface area contributed by atoms with Crippen LogP contribution in [-0.2, 0) is 11.3 Å². The predicted octanol–water partition coefficient (Wildman–Crippen LogP) is 1.44. The molecule has 0 unspecified atom stereocenters. The van der Waals surface area contributed by atoms with Crippen LogP contribution in [0.2, 0.25) is 0 Å². The zero-order valence-corrected chi connectivity index (χ0v) is 18.3. The largest absolute Gasteiger partial charge is 0.356 e. The van der Waals surface area contributed by atoms with Gasteiger partial charge in [0.25, 0.3) is 5.56 Å². The first-order valence-corrected chi connectivity index (χ1v) is 11.2. The molecule has 2 aromatic heterocycles. The van der Waals surface area contributed by atoms with E-state index in [0.717, 1.165) is 30.5 Å². The predicted molar refractivity (Wildman–Crippen MR) is 123 cm³/mol. The number of hydrogen-bond acceptors (Lipinski definition) is 7. The van der Waals surface area contributed by atoms with Gasteiger partial charge in [0.2, 0.25) is 11.9 Å². The standard InChI is InChI=1S/C23H27N7O2/c1-17-14-20(27-8-4-5-9-27)26-23(25-17)29-12-10-28(11-13-29)21(31)15-30-16-24-19-7-3-2-6-18(19)22(30)32/h2-3,6-7,14,16H,4-5,8-13,15H2,1H3. The third kappa shape index (κ3) is 4.02. The second-order valence-corrected chi connectivity index (χ2v) is 8.42. The van der Waals surface area contributed by atoms with Crippen molar-refractivity contribution in [3.63, 3.8) is 0 Å². The van der Waals surface area contributed by atoms with Crippen LogP contribution in [-0.4, -0.2) is 69.6 Å². The summed E-state index contributed by atoms with van der Waals surface area (Å²) in [5.74, 6) is 1.65. The molecule has 0 N–H and O–H groups in total. The summed E-state index contributed by atoms with van der Waals surface area (Å²) >= 11 is 0. The molecule has 2 saturated heterocycles. The van der Waals surface area contributed by atoms with E-state index < -0.39 is 0 Å². The van der Waals surface area contributed by atoms with Crippen molar-refractivity contribution in [3.8, 4) is 0 Å². The highest BCUT2D eigenvalue weighted by molar-refractivity contribution is 5.79. The zero-order chi connectivity index (χ0) is 22.1. The summed E-state index contributed by atoms with van der Waals surface area (Å²) in [6.45, 7) is 6.56. The van der Waals surface area contributed by atoms with Gasteiger partial charge in [-0.25, -0.2) is 9.97 Å². The number of carbonyl (C=O) groups is 1. The number of rotatable bonds is 4. The van der Waals surface area contributed by atoms with Crippen molar-refractivity contribution >= 4 is 28.6 Å². The van der Waals surface area contributed by atoms with Crippen LogP contribution >= 0.6 is 0 Å². The molecule has 0 radical (unpaired) electrons. The van der Waals surface area contributed by atoms with E-state index in [1.165, 1.54) is 23.7 Å². The van der Waals surface area contributed by atoms with Crippen LogP contribution < -0.4 is 15.4 Å². The molecule has 32 heavy (non-hydrogen) atoms. The third-order valence-electron chi connectivity index (χ3n) is 6.21. The molecule has 1 aromatic carbocycles. The number of aromatic nitrogens is 4. The maximum absolute atomic E-state index is 12.9. The topological polar surface area (TPSA) is 87.5 Å². The van der Waals surface area contributed by atoms with Crippen LogP contribution in [0.1, 0.15) is 18.5 Å². The van der Waals surface area contributed by atoms with Crippen molar-refractivity contribution in [2.24, 2.45) is 0 Å². The Morgan fingerprint density at radius 1 is 0.969 bits per heavy atom. The van der Waals surface area contributed by atoms with E-state index >= 15 is 0 Å². The number of piperazine rings is 1. The fraction of sp³-hybridized carbons (Fsp3) is 0.435. The molecule has 0 bridgehead atoms. The molecular formula is C23H27N7O2. The Morgan fingerprint density at radius 2 is 1.72 bits per heavy atom. The number of carbonyl (C=O) groups excluding carboxylic acids is 1. The number of nitrogens with zero attached hydrogens (tertiary/aromatic N) is 7. The lowest BCUT2D eigenvalue weighted by molar-refractivity contribution is -0.132. The average molecular weight is 434 g/mol. The van der Waals surface area contributed by atoms with Crippen molar-refractivity contribution in [1.29, 1.82) is 0 Å². The Labute approximate surface area is 186 Å². The van der Waals surface area contributed by atoms with Gasteiger partial charge in [0.15, 0.2) is 0 Å². The van der Waals surface area contributed by atoms with E-state index in [-0.39, 0.29) is 18.0 Å². The summed E-state index contributed by atoms with van der Waals surface area (Å²) in [6, 6.07) is 9.23. The molecule has 9 heteroatoms. The molecule has 5 rings (SSSR count). The highest BCUT2D eigenvalue weighted by atomic mass is 16.2. The Bertz CT molecular complexity index is 1190. The molecule has 9 nitrogen and oxygen atoms in total. The van der Waals surface area contributed by atoms with Gasteiger partial charge in [-0.1, -0.05) is 12.1 Å². The minimum atomic E-state index is -0.190. The van der Waals surface area contributed by atoms with Gasteiger partial charge in [0.05, 0.1) is 17.2 Å². The van der Waals surface area contributed by atoms with Crippen LogP contribution in [0.5, 0.6) is 0 Å². The van der Waals surface area contributed by atoms with E-state index in [0.29, 0.717) is 37.1 Å². The SMILES string of the molecule is Cc1cc(N2CCCC2)nc(N2CCN(C(=O)Cn3cnc4ccccc4c3=O)CC2)n1. The van der Waals surface area contributed by atoms with Gasteiger partial charge in [-0.05, 0) is 31.9 Å². The summed E-state index contributed by atoms with van der Waals surface area (Å²) in [4.78, 5) is 45.5. The molecule has 1 amide bonds. The van der Waals surface area contributed by atoms with Crippen LogP contribution in [0.15, 0.2) is 41.5 Å². The molecule has 2 aliphatic heterocycles. The quantitative estimate of drug-likeness (QED) is 0.615. The van der Waals surface area contributed by atoms with Gasteiger partial charge in [-0.15, -0.1) is 0 Å². The van der Waals surface area contributed by atoms with Gasteiger partial charge in [0, 0.05) is 51.0 Å². The monoisotopic (exact) mass is 433 g/mol. The van der Waals surface area contributed by atoms with Crippen molar-refractivity contribution in [2.75, 3.05) is 49.1 Å². The Balaban J connectivity index is 1.25. The second kappa shape index (κ2) is 8.57. The summed E-state index contributed by atoms with van der Waals surface area (Å²) in [7, 11) is 0. The Morgan fingerprint density at radius 3 is 2.50 bits per heavy atom. The molecule has 2 aliphatic rings. The van der Waals surface area contributed by atoms with Crippen molar-refractivity contribution in [1.82, 2.24) is 24.4 Å². The summed E-state index contributed by atoms with van der Waals surface area (Å²) < 4.78 is 1.39. The second-order valence-electron chi connectivity index (χ2n) is 8.42. The van der Waals surface area contributed by atoms with Crippen LogP contribution in [0.3, 0.4) is 0 Å². The molecule has 4 heterocycles. The van der Waals surface area contributed by atoms with Gasteiger partial charge in [-0.3, -0.25) is 14.2 Å². The molecule has 0 aliphatic carbocycles. The van der Waals surface area contributed by atoms with Crippen LogP contribution in [0.25, 0.3) is 10.9 Å². The fourth-order valence-electron chi connectivity index (χ4n) is 4.41. The molecule has 0 spiro atoms. The van der Waals surface area contributed by atoms with E-state index in [9.17, 15) is 9.59 Å². The van der Waals surface area contributed by atoms with Gasteiger partial charge in [-0.2, -0.15) is 4.98 Å². The summed E-state index contributed by atoms with van der Waals surface area (Å²) in [6.07, 6.45) is 3.86. The third-order valence-corrected chi connectivity index (χ3v) is 6.21. The van der Waals surface area contributed by atoms with Crippen molar-refractivity contribution < 1.29 is 4.79 Å².